The average Bonchev–Trinajstić information content (AvgIpc) is 2.59. The first-order valence-corrected chi connectivity index (χ1v) is 8.22. The highest BCUT2D eigenvalue weighted by Crippen LogP contribution is 2.34. The summed E-state index contributed by atoms with van der Waals surface area (Å²) in [6.07, 6.45) is 2.08. The maximum Gasteiger partial charge on any atom is 0.311 e. The number of methoxy groups -OCH3 is 1. The van der Waals surface area contributed by atoms with Crippen LogP contribution in [0.1, 0.15) is 31.2 Å². The van der Waals surface area contributed by atoms with E-state index in [0.29, 0.717) is 44.4 Å². The second-order valence-corrected chi connectivity index (χ2v) is 6.34. The Morgan fingerprint density at radius 3 is 2.79 bits per heavy atom. The standard InChI is InChI=1S/C18H24FNO4/c1-24-12-10-18(17(22)23)9-4-11-20(13-18)16(21)8-7-14-5-2-3-6-15(14)19/h2-3,5-6H,4,7-13H2,1H3,(H,22,23)/t18-/m1/s1. The Morgan fingerprint density at radius 2 is 2.12 bits per heavy atom. The number of halogens is 1. The number of aliphatic carboxylic acids is 1. The zero-order valence-electron chi connectivity index (χ0n) is 14.0. The lowest BCUT2D eigenvalue weighted by atomic mass is 9.77. The molecule has 1 N–H and O–H groups in total. The molecule has 5 nitrogen and oxygen atoms in total. The van der Waals surface area contributed by atoms with Crippen molar-refractivity contribution in [2.24, 2.45) is 5.41 Å². The van der Waals surface area contributed by atoms with Crippen molar-refractivity contribution in [2.45, 2.75) is 32.1 Å². The number of benzene rings is 1. The van der Waals surface area contributed by atoms with Gasteiger partial charge in [-0.2, -0.15) is 0 Å². The number of hydrogen-bond donors (Lipinski definition) is 1. The Morgan fingerprint density at radius 1 is 1.38 bits per heavy atom. The number of rotatable bonds is 7. The molecule has 0 unspecified atom stereocenters. The number of carbonyl (C=O) groups is 2. The summed E-state index contributed by atoms with van der Waals surface area (Å²) in [5, 5.41) is 9.62. The Bertz CT molecular complexity index is 592. The monoisotopic (exact) mass is 337 g/mol. The summed E-state index contributed by atoms with van der Waals surface area (Å²) < 4.78 is 18.7. The van der Waals surface area contributed by atoms with Gasteiger partial charge in [-0.15, -0.1) is 0 Å². The van der Waals surface area contributed by atoms with Gasteiger partial charge in [-0.3, -0.25) is 9.59 Å². The molecule has 0 aromatic heterocycles. The number of aryl methyl sites for hydroxylation is 1. The average molecular weight is 337 g/mol. The van der Waals surface area contributed by atoms with Crippen molar-refractivity contribution in [3.05, 3.63) is 35.6 Å². The Balaban J connectivity index is 1.98. The van der Waals surface area contributed by atoms with Crippen molar-refractivity contribution in [1.82, 2.24) is 4.90 Å². The summed E-state index contributed by atoms with van der Waals surface area (Å²) in [5.41, 5.74) is -0.436. The largest absolute Gasteiger partial charge is 0.481 e. The molecule has 0 radical (unpaired) electrons. The van der Waals surface area contributed by atoms with E-state index in [-0.39, 0.29) is 24.7 Å². The van der Waals surface area contributed by atoms with Crippen molar-refractivity contribution in [1.29, 1.82) is 0 Å². The number of carboxylic acids is 1. The van der Waals surface area contributed by atoms with E-state index >= 15 is 0 Å². The number of nitrogens with zero attached hydrogens (tertiary/aromatic N) is 1. The SMILES string of the molecule is COCC[C@]1(C(=O)O)CCCN(C(=O)CCc2ccccc2F)C1. The molecule has 132 valence electrons. The molecule has 0 bridgehead atoms. The normalized spacial score (nSPS) is 20.8. The number of carbonyl (C=O) groups excluding carboxylic acids is 1. The highest BCUT2D eigenvalue weighted by molar-refractivity contribution is 5.80. The van der Waals surface area contributed by atoms with Crippen molar-refractivity contribution in [2.75, 3.05) is 26.8 Å². The Kier molecular flexibility index (Phi) is 6.31. The van der Waals surface area contributed by atoms with Crippen LogP contribution in [0.3, 0.4) is 0 Å². The van der Waals surface area contributed by atoms with Crippen LogP contribution in [0.2, 0.25) is 0 Å². The third-order valence-electron chi connectivity index (χ3n) is 4.73. The molecule has 1 aliphatic rings. The summed E-state index contributed by atoms with van der Waals surface area (Å²) in [4.78, 5) is 25.8. The molecule has 1 fully saturated rings. The van der Waals surface area contributed by atoms with Crippen LogP contribution in [0, 0.1) is 11.2 Å². The first kappa shape index (κ1) is 18.4. The van der Waals surface area contributed by atoms with Gasteiger partial charge < -0.3 is 14.7 Å². The molecule has 24 heavy (non-hydrogen) atoms. The predicted octanol–water partition coefficient (Wildman–Crippen LogP) is 2.49. The van der Waals surface area contributed by atoms with E-state index in [1.165, 1.54) is 13.2 Å². The highest BCUT2D eigenvalue weighted by Gasteiger charge is 2.43. The number of carboxylic acid groups (broad SMARTS) is 1. The quantitative estimate of drug-likeness (QED) is 0.830. The fourth-order valence-corrected chi connectivity index (χ4v) is 3.23. The van der Waals surface area contributed by atoms with Gasteiger partial charge in [-0.1, -0.05) is 18.2 Å². The van der Waals surface area contributed by atoms with Gasteiger partial charge in [0.25, 0.3) is 0 Å². The molecule has 1 aromatic rings. The van der Waals surface area contributed by atoms with E-state index in [9.17, 15) is 19.1 Å². The van der Waals surface area contributed by atoms with Crippen molar-refractivity contribution >= 4 is 11.9 Å². The number of hydrogen-bond acceptors (Lipinski definition) is 3. The van der Waals surface area contributed by atoms with E-state index in [1.807, 2.05) is 0 Å². The molecule has 0 aliphatic carbocycles. The topological polar surface area (TPSA) is 66.8 Å². The zero-order valence-corrected chi connectivity index (χ0v) is 14.0. The molecule has 1 aliphatic heterocycles. The molecule has 2 rings (SSSR count). The molecule has 1 heterocycles. The minimum absolute atomic E-state index is 0.124. The van der Waals surface area contributed by atoms with Crippen molar-refractivity contribution in [3.63, 3.8) is 0 Å². The third kappa shape index (κ3) is 4.32. The molecule has 1 aromatic carbocycles. The van der Waals surface area contributed by atoms with E-state index in [2.05, 4.69) is 0 Å². The summed E-state index contributed by atoms with van der Waals surface area (Å²) in [7, 11) is 1.54. The van der Waals surface area contributed by atoms with Crippen molar-refractivity contribution < 1.29 is 23.8 Å². The predicted molar refractivity (Wildman–Crippen MR) is 87.1 cm³/mol. The fraction of sp³-hybridized carbons (Fsp3) is 0.556. The van der Waals surface area contributed by atoms with E-state index < -0.39 is 11.4 Å². The highest BCUT2D eigenvalue weighted by atomic mass is 19.1. The molecule has 0 saturated carbocycles. The van der Waals surface area contributed by atoms with Crippen LogP contribution in [0.4, 0.5) is 4.39 Å². The molecule has 1 saturated heterocycles. The lowest BCUT2D eigenvalue weighted by molar-refractivity contribution is -0.156. The third-order valence-corrected chi connectivity index (χ3v) is 4.73. The van der Waals surface area contributed by atoms with Gasteiger partial charge in [0.2, 0.25) is 5.91 Å². The molecular weight excluding hydrogens is 313 g/mol. The summed E-state index contributed by atoms with van der Waals surface area (Å²) in [5.74, 6) is -1.32. The van der Waals surface area contributed by atoms with Crippen LogP contribution in [0.25, 0.3) is 0 Å². The number of ether oxygens (including phenoxy) is 1. The summed E-state index contributed by atoms with van der Waals surface area (Å²) >= 11 is 0. The lowest BCUT2D eigenvalue weighted by Gasteiger charge is -2.40. The molecule has 1 amide bonds. The van der Waals surface area contributed by atoms with Crippen LogP contribution in [-0.4, -0.2) is 48.7 Å². The summed E-state index contributed by atoms with van der Waals surface area (Å²) in [6.45, 7) is 1.10. The Hall–Kier alpha value is -1.95. The van der Waals surface area contributed by atoms with Gasteiger partial charge in [-0.05, 0) is 37.3 Å². The maximum atomic E-state index is 13.6. The van der Waals surface area contributed by atoms with Crippen LogP contribution in [0.15, 0.2) is 24.3 Å². The summed E-state index contributed by atoms with van der Waals surface area (Å²) in [6, 6.07) is 6.39. The van der Waals surface area contributed by atoms with Crippen molar-refractivity contribution in [3.8, 4) is 0 Å². The minimum Gasteiger partial charge on any atom is -0.481 e. The molecule has 0 spiro atoms. The number of piperidine rings is 1. The first-order valence-electron chi connectivity index (χ1n) is 8.22. The van der Waals surface area contributed by atoms with E-state index in [4.69, 9.17) is 4.74 Å². The van der Waals surface area contributed by atoms with Gasteiger partial charge >= 0.3 is 5.97 Å². The second-order valence-electron chi connectivity index (χ2n) is 6.34. The van der Waals surface area contributed by atoms with Gasteiger partial charge in [0, 0.05) is 33.2 Å². The van der Waals surface area contributed by atoms with E-state index in [1.54, 1.807) is 23.1 Å². The van der Waals surface area contributed by atoms with Gasteiger partial charge in [0.1, 0.15) is 5.82 Å². The van der Waals surface area contributed by atoms with Gasteiger partial charge in [-0.25, -0.2) is 4.39 Å². The van der Waals surface area contributed by atoms with Gasteiger partial charge in [0.05, 0.1) is 5.41 Å². The smallest absolute Gasteiger partial charge is 0.311 e. The molecule has 6 heteroatoms. The minimum atomic E-state index is -0.943. The van der Waals surface area contributed by atoms with Crippen LogP contribution in [0.5, 0.6) is 0 Å². The lowest BCUT2D eigenvalue weighted by Crippen LogP contribution is -2.50. The van der Waals surface area contributed by atoms with Gasteiger partial charge in [0.15, 0.2) is 0 Å². The van der Waals surface area contributed by atoms with Crippen LogP contribution >= 0.6 is 0 Å². The maximum absolute atomic E-state index is 13.6. The first-order chi connectivity index (χ1) is 11.5. The number of likely N-dealkylation sites (tertiary alicyclic amines) is 1. The number of amides is 1. The van der Waals surface area contributed by atoms with Crippen LogP contribution < -0.4 is 0 Å². The second kappa shape index (κ2) is 8.24. The Labute approximate surface area is 141 Å². The zero-order chi connectivity index (χ0) is 17.6. The molecular formula is C18H24FNO4. The van der Waals surface area contributed by atoms with Crippen LogP contribution in [-0.2, 0) is 20.7 Å². The fourth-order valence-electron chi connectivity index (χ4n) is 3.23. The molecule has 1 atom stereocenters. The van der Waals surface area contributed by atoms with E-state index in [0.717, 1.165) is 0 Å².